The second-order valence-corrected chi connectivity index (χ2v) is 8.16. The van der Waals surface area contributed by atoms with Crippen molar-refractivity contribution in [3.05, 3.63) is 59.5 Å². The third kappa shape index (κ3) is 3.95. The SMILES string of the molecule is CSc1ccc(-c2csc(NC(=O)c3cccc(N4CCCC4=O)c3)n2)cc1. The maximum atomic E-state index is 12.6. The quantitative estimate of drug-likeness (QED) is 0.608. The van der Waals surface area contributed by atoms with Gasteiger partial charge in [0.15, 0.2) is 5.13 Å². The molecule has 0 unspecified atom stereocenters. The number of hydrogen-bond acceptors (Lipinski definition) is 5. The number of anilines is 2. The summed E-state index contributed by atoms with van der Waals surface area (Å²) >= 11 is 3.09. The van der Waals surface area contributed by atoms with Crippen molar-refractivity contribution in [1.82, 2.24) is 4.98 Å². The molecule has 2 heterocycles. The lowest BCUT2D eigenvalue weighted by Crippen LogP contribution is -2.24. The van der Waals surface area contributed by atoms with Gasteiger partial charge in [0.1, 0.15) is 0 Å². The molecule has 1 fully saturated rings. The lowest BCUT2D eigenvalue weighted by molar-refractivity contribution is -0.117. The topological polar surface area (TPSA) is 62.3 Å². The monoisotopic (exact) mass is 409 g/mol. The van der Waals surface area contributed by atoms with Gasteiger partial charge in [-0.2, -0.15) is 0 Å². The Hall–Kier alpha value is -2.64. The summed E-state index contributed by atoms with van der Waals surface area (Å²) in [6.07, 6.45) is 3.46. The fourth-order valence-electron chi connectivity index (χ4n) is 3.13. The lowest BCUT2D eigenvalue weighted by Gasteiger charge is -2.16. The van der Waals surface area contributed by atoms with Crippen LogP contribution in [-0.2, 0) is 4.79 Å². The number of benzene rings is 2. The zero-order valence-corrected chi connectivity index (χ0v) is 17.0. The number of carbonyl (C=O) groups is 2. The molecule has 1 aromatic heterocycles. The minimum atomic E-state index is -0.230. The maximum Gasteiger partial charge on any atom is 0.257 e. The molecule has 5 nitrogen and oxygen atoms in total. The van der Waals surface area contributed by atoms with Crippen LogP contribution in [0.2, 0.25) is 0 Å². The third-order valence-electron chi connectivity index (χ3n) is 4.60. The van der Waals surface area contributed by atoms with Crippen molar-refractivity contribution in [2.75, 3.05) is 23.0 Å². The number of carbonyl (C=O) groups excluding carboxylic acids is 2. The standard InChI is InChI=1S/C21H19N3O2S2/c1-27-17-9-7-14(8-10-17)18-13-28-21(22-18)23-20(26)15-4-2-5-16(12-15)24-11-3-6-19(24)25/h2,4-5,7-10,12-13H,3,6,11H2,1H3,(H,22,23,26). The first-order valence-electron chi connectivity index (χ1n) is 8.96. The Balaban J connectivity index is 1.48. The summed E-state index contributed by atoms with van der Waals surface area (Å²) in [5.74, 6) is -0.123. The number of aromatic nitrogens is 1. The number of hydrogen-bond donors (Lipinski definition) is 1. The highest BCUT2D eigenvalue weighted by atomic mass is 32.2. The van der Waals surface area contributed by atoms with Crippen LogP contribution in [0.4, 0.5) is 10.8 Å². The molecule has 2 amide bonds. The van der Waals surface area contributed by atoms with E-state index in [9.17, 15) is 9.59 Å². The van der Waals surface area contributed by atoms with Crippen LogP contribution in [0.5, 0.6) is 0 Å². The fourth-order valence-corrected chi connectivity index (χ4v) is 4.25. The summed E-state index contributed by atoms with van der Waals surface area (Å²) < 4.78 is 0. The van der Waals surface area contributed by atoms with Gasteiger partial charge in [0.25, 0.3) is 5.91 Å². The normalized spacial score (nSPS) is 13.8. The smallest absolute Gasteiger partial charge is 0.257 e. The number of thioether (sulfide) groups is 1. The second-order valence-electron chi connectivity index (χ2n) is 6.42. The summed E-state index contributed by atoms with van der Waals surface area (Å²) in [5, 5.41) is 5.35. The summed E-state index contributed by atoms with van der Waals surface area (Å²) in [7, 11) is 0. The number of nitrogens with one attached hydrogen (secondary N) is 1. The van der Waals surface area contributed by atoms with Gasteiger partial charge >= 0.3 is 0 Å². The van der Waals surface area contributed by atoms with E-state index in [1.807, 2.05) is 29.8 Å². The highest BCUT2D eigenvalue weighted by Crippen LogP contribution is 2.27. The largest absolute Gasteiger partial charge is 0.312 e. The first kappa shape index (κ1) is 18.7. The molecule has 3 aromatic rings. The van der Waals surface area contributed by atoms with Crippen LogP contribution >= 0.6 is 23.1 Å². The van der Waals surface area contributed by atoms with Crippen LogP contribution in [0.25, 0.3) is 11.3 Å². The molecular formula is C21H19N3O2S2. The van der Waals surface area contributed by atoms with Gasteiger partial charge in [0, 0.05) is 40.1 Å². The number of nitrogens with zero attached hydrogens (tertiary/aromatic N) is 2. The zero-order valence-electron chi connectivity index (χ0n) is 15.3. The maximum absolute atomic E-state index is 12.6. The van der Waals surface area contributed by atoms with Gasteiger partial charge in [0.2, 0.25) is 5.91 Å². The van der Waals surface area contributed by atoms with Crippen LogP contribution < -0.4 is 10.2 Å². The highest BCUT2D eigenvalue weighted by Gasteiger charge is 2.22. The molecule has 1 N–H and O–H groups in total. The lowest BCUT2D eigenvalue weighted by atomic mass is 10.2. The number of amides is 2. The van der Waals surface area contributed by atoms with E-state index >= 15 is 0 Å². The molecule has 0 bridgehead atoms. The van der Waals surface area contributed by atoms with E-state index in [1.165, 1.54) is 16.2 Å². The Labute approximate surface area is 171 Å². The Morgan fingerprint density at radius 2 is 2.04 bits per heavy atom. The van der Waals surface area contributed by atoms with E-state index in [4.69, 9.17) is 0 Å². The average molecular weight is 410 g/mol. The minimum Gasteiger partial charge on any atom is -0.312 e. The van der Waals surface area contributed by atoms with Crippen molar-refractivity contribution in [2.45, 2.75) is 17.7 Å². The van der Waals surface area contributed by atoms with Crippen LogP contribution in [-0.4, -0.2) is 29.6 Å². The Morgan fingerprint density at radius 1 is 1.21 bits per heavy atom. The van der Waals surface area contributed by atoms with Gasteiger partial charge in [-0.25, -0.2) is 4.98 Å². The molecule has 0 saturated carbocycles. The number of rotatable bonds is 5. The van der Waals surface area contributed by atoms with E-state index in [0.717, 1.165) is 23.4 Å². The van der Waals surface area contributed by atoms with Gasteiger partial charge < -0.3 is 4.90 Å². The van der Waals surface area contributed by atoms with E-state index in [-0.39, 0.29) is 11.8 Å². The van der Waals surface area contributed by atoms with Crippen molar-refractivity contribution in [3.63, 3.8) is 0 Å². The Kier molecular flexibility index (Phi) is 5.45. The molecule has 1 aliphatic rings. The summed E-state index contributed by atoms with van der Waals surface area (Å²) in [5.41, 5.74) is 3.13. The van der Waals surface area contributed by atoms with Gasteiger partial charge in [-0.3, -0.25) is 14.9 Å². The average Bonchev–Trinajstić information content (AvgIpc) is 3.37. The molecule has 0 atom stereocenters. The molecule has 2 aromatic carbocycles. The molecular weight excluding hydrogens is 390 g/mol. The molecule has 7 heteroatoms. The van der Waals surface area contributed by atoms with Crippen molar-refractivity contribution >= 4 is 45.7 Å². The molecule has 0 aliphatic carbocycles. The third-order valence-corrected chi connectivity index (χ3v) is 6.11. The van der Waals surface area contributed by atoms with Crippen molar-refractivity contribution in [1.29, 1.82) is 0 Å². The van der Waals surface area contributed by atoms with E-state index < -0.39 is 0 Å². The van der Waals surface area contributed by atoms with Gasteiger partial charge in [-0.1, -0.05) is 18.2 Å². The molecule has 1 saturated heterocycles. The predicted octanol–water partition coefficient (Wildman–Crippen LogP) is 4.91. The summed E-state index contributed by atoms with van der Waals surface area (Å²) in [6.45, 7) is 0.703. The van der Waals surface area contributed by atoms with Crippen molar-refractivity contribution < 1.29 is 9.59 Å². The van der Waals surface area contributed by atoms with Gasteiger partial charge in [-0.05, 0) is 43.0 Å². The van der Waals surface area contributed by atoms with Crippen molar-refractivity contribution in [2.24, 2.45) is 0 Å². The summed E-state index contributed by atoms with van der Waals surface area (Å²) in [6, 6.07) is 15.3. The molecule has 0 spiro atoms. The fraction of sp³-hybridized carbons (Fsp3) is 0.190. The van der Waals surface area contributed by atoms with E-state index in [1.54, 1.807) is 34.9 Å². The van der Waals surface area contributed by atoms with Crippen LogP contribution in [0.15, 0.2) is 58.8 Å². The van der Waals surface area contributed by atoms with Gasteiger partial charge in [0.05, 0.1) is 5.69 Å². The minimum absolute atomic E-state index is 0.106. The van der Waals surface area contributed by atoms with Crippen LogP contribution in [0, 0.1) is 0 Å². The second kappa shape index (κ2) is 8.16. The molecule has 1 aliphatic heterocycles. The van der Waals surface area contributed by atoms with E-state index in [0.29, 0.717) is 23.7 Å². The predicted molar refractivity (Wildman–Crippen MR) is 115 cm³/mol. The Bertz CT molecular complexity index is 1010. The summed E-state index contributed by atoms with van der Waals surface area (Å²) in [4.78, 5) is 32.0. The molecule has 4 rings (SSSR count). The zero-order chi connectivity index (χ0) is 19.5. The first-order chi connectivity index (χ1) is 13.6. The molecule has 0 radical (unpaired) electrons. The highest BCUT2D eigenvalue weighted by molar-refractivity contribution is 7.98. The van der Waals surface area contributed by atoms with Crippen molar-refractivity contribution in [3.8, 4) is 11.3 Å². The van der Waals surface area contributed by atoms with Crippen LogP contribution in [0.1, 0.15) is 23.2 Å². The van der Waals surface area contributed by atoms with Gasteiger partial charge in [-0.15, -0.1) is 23.1 Å². The molecule has 28 heavy (non-hydrogen) atoms. The van der Waals surface area contributed by atoms with Crippen LogP contribution in [0.3, 0.4) is 0 Å². The Morgan fingerprint density at radius 3 is 2.75 bits per heavy atom. The number of thiazole rings is 1. The van der Waals surface area contributed by atoms with E-state index in [2.05, 4.69) is 22.4 Å². The first-order valence-corrected chi connectivity index (χ1v) is 11.1. The molecule has 142 valence electrons.